The lowest BCUT2D eigenvalue weighted by atomic mass is 9.90. The maximum atomic E-state index is 12.3. The van der Waals surface area contributed by atoms with Crippen LogP contribution in [0, 0.1) is 5.92 Å². The molecule has 0 aliphatic carbocycles. The molecule has 3 atom stereocenters. The molecule has 1 aromatic rings. The van der Waals surface area contributed by atoms with Crippen LogP contribution < -0.4 is 0 Å². The molecular weight excluding hydrogens is 288 g/mol. The van der Waals surface area contributed by atoms with Crippen LogP contribution in [0.5, 0.6) is 0 Å². The average molecular weight is 306 g/mol. The zero-order chi connectivity index (χ0) is 14.9. The number of ketones is 1. The quantitative estimate of drug-likeness (QED) is 0.486. The van der Waals surface area contributed by atoms with Crippen LogP contribution in [0.4, 0.5) is 0 Å². The number of ether oxygens (including phenoxy) is 2. The van der Waals surface area contributed by atoms with Gasteiger partial charge in [-0.3, -0.25) is 9.59 Å². The minimum atomic E-state index is -0.729. The maximum Gasteiger partial charge on any atom is 0.318 e. The highest BCUT2D eigenvalue weighted by atomic mass is 32.2. The van der Waals surface area contributed by atoms with E-state index in [0.29, 0.717) is 6.42 Å². The summed E-state index contributed by atoms with van der Waals surface area (Å²) in [6, 6.07) is 10.1. The Labute approximate surface area is 128 Å². The number of benzene rings is 1. The Hall–Kier alpha value is -1.33. The predicted octanol–water partition coefficient (Wildman–Crippen LogP) is 2.46. The van der Waals surface area contributed by atoms with Crippen LogP contribution in [-0.2, 0) is 19.1 Å². The van der Waals surface area contributed by atoms with E-state index in [1.807, 2.05) is 18.2 Å². The molecule has 4 nitrogen and oxygen atoms in total. The Balaban J connectivity index is 1.68. The number of esters is 1. The summed E-state index contributed by atoms with van der Waals surface area (Å²) in [5.74, 6) is -0.486. The molecule has 3 rings (SSSR count). The molecule has 0 saturated carbocycles. The van der Waals surface area contributed by atoms with Gasteiger partial charge in [0.2, 0.25) is 0 Å². The lowest BCUT2D eigenvalue weighted by Crippen LogP contribution is -2.47. The number of thioether (sulfide) groups is 1. The van der Waals surface area contributed by atoms with Gasteiger partial charge >= 0.3 is 5.97 Å². The molecular formula is C16H18O4S. The van der Waals surface area contributed by atoms with E-state index in [4.69, 9.17) is 9.47 Å². The molecule has 2 aliphatic heterocycles. The van der Waals surface area contributed by atoms with E-state index in [2.05, 4.69) is 12.1 Å². The summed E-state index contributed by atoms with van der Waals surface area (Å²) in [7, 11) is 1.32. The molecule has 1 unspecified atom stereocenters. The van der Waals surface area contributed by atoms with Gasteiger partial charge in [0.15, 0.2) is 5.78 Å². The summed E-state index contributed by atoms with van der Waals surface area (Å²) in [5.41, 5.74) is -0.410. The third kappa shape index (κ3) is 2.85. The van der Waals surface area contributed by atoms with Crippen LogP contribution in [0.2, 0.25) is 0 Å². The zero-order valence-corrected chi connectivity index (χ0v) is 12.7. The second kappa shape index (κ2) is 5.81. The van der Waals surface area contributed by atoms with E-state index < -0.39 is 17.5 Å². The molecule has 5 heteroatoms. The normalized spacial score (nSPS) is 31.2. The number of methoxy groups -OCH3 is 1. The van der Waals surface area contributed by atoms with Gasteiger partial charge in [-0.15, -0.1) is 11.8 Å². The van der Waals surface area contributed by atoms with E-state index in [0.717, 1.165) is 18.6 Å². The van der Waals surface area contributed by atoms with Crippen LogP contribution >= 0.6 is 11.8 Å². The van der Waals surface area contributed by atoms with Crippen molar-refractivity contribution in [3.63, 3.8) is 0 Å². The number of carbonyl (C=O) groups excluding carboxylic acids is 2. The number of rotatable bonds is 4. The van der Waals surface area contributed by atoms with Gasteiger partial charge in [-0.25, -0.2) is 0 Å². The molecule has 0 aromatic heterocycles. The van der Waals surface area contributed by atoms with Gasteiger partial charge in [0.1, 0.15) is 5.92 Å². The molecule has 0 N–H and O–H groups in total. The average Bonchev–Trinajstić information content (AvgIpc) is 2.84. The molecule has 0 amide bonds. The number of fused-ring (bicyclic) bond motifs is 2. The molecule has 1 aromatic carbocycles. The summed E-state index contributed by atoms with van der Waals surface area (Å²) in [5, 5.41) is 0. The highest BCUT2D eigenvalue weighted by Crippen LogP contribution is 2.45. The Morgan fingerprint density at radius 3 is 2.90 bits per heavy atom. The van der Waals surface area contributed by atoms with Crippen LogP contribution in [0.15, 0.2) is 35.2 Å². The number of carbonyl (C=O) groups is 2. The van der Waals surface area contributed by atoms with Crippen LogP contribution in [0.25, 0.3) is 0 Å². The first kappa shape index (κ1) is 14.6. The summed E-state index contributed by atoms with van der Waals surface area (Å²) < 4.78 is 10.8. The third-order valence-electron chi connectivity index (χ3n) is 4.20. The smallest absolute Gasteiger partial charge is 0.318 e. The van der Waals surface area contributed by atoms with Crippen molar-refractivity contribution in [1.82, 2.24) is 0 Å². The summed E-state index contributed by atoms with van der Waals surface area (Å²) in [4.78, 5) is 25.2. The Kier molecular flexibility index (Phi) is 4.04. The molecule has 21 heavy (non-hydrogen) atoms. The van der Waals surface area contributed by atoms with Crippen molar-refractivity contribution in [2.45, 2.75) is 35.9 Å². The Morgan fingerprint density at radius 2 is 2.19 bits per heavy atom. The highest BCUT2D eigenvalue weighted by molar-refractivity contribution is 7.99. The van der Waals surface area contributed by atoms with Gasteiger partial charge in [-0.2, -0.15) is 0 Å². The number of hydrogen-bond donors (Lipinski definition) is 0. The molecule has 2 fully saturated rings. The van der Waals surface area contributed by atoms with E-state index in [9.17, 15) is 9.59 Å². The van der Waals surface area contributed by atoms with Crippen molar-refractivity contribution in [1.29, 1.82) is 0 Å². The van der Waals surface area contributed by atoms with Gasteiger partial charge in [0.05, 0.1) is 18.8 Å². The topological polar surface area (TPSA) is 52.6 Å². The van der Waals surface area contributed by atoms with E-state index in [-0.39, 0.29) is 11.9 Å². The highest BCUT2D eigenvalue weighted by Gasteiger charge is 2.54. The van der Waals surface area contributed by atoms with Crippen molar-refractivity contribution < 1.29 is 19.1 Å². The minimum absolute atomic E-state index is 0.0377. The van der Waals surface area contributed by atoms with Gasteiger partial charge in [0, 0.05) is 17.1 Å². The lowest BCUT2D eigenvalue weighted by Gasteiger charge is -2.35. The second-order valence-electron chi connectivity index (χ2n) is 5.62. The SMILES string of the molecule is COC(=O)C1C(=O)C[C@]2(CSc3ccccc3)CC[C@H]1O2. The van der Waals surface area contributed by atoms with Crippen LogP contribution in [0.1, 0.15) is 19.3 Å². The molecule has 0 spiro atoms. The Morgan fingerprint density at radius 1 is 1.43 bits per heavy atom. The van der Waals surface area contributed by atoms with E-state index in [1.54, 1.807) is 11.8 Å². The largest absolute Gasteiger partial charge is 0.468 e. The molecule has 0 radical (unpaired) electrons. The predicted molar refractivity (Wildman–Crippen MR) is 79.1 cm³/mol. The summed E-state index contributed by atoms with van der Waals surface area (Å²) in [6.45, 7) is 0. The zero-order valence-electron chi connectivity index (χ0n) is 11.9. The summed E-state index contributed by atoms with van der Waals surface area (Å²) in [6.07, 6.45) is 1.58. The van der Waals surface area contributed by atoms with Gasteiger partial charge in [-0.05, 0) is 25.0 Å². The van der Waals surface area contributed by atoms with Gasteiger partial charge in [-0.1, -0.05) is 18.2 Å². The molecule has 2 bridgehead atoms. The minimum Gasteiger partial charge on any atom is -0.468 e. The van der Waals surface area contributed by atoms with Crippen molar-refractivity contribution >= 4 is 23.5 Å². The fourth-order valence-corrected chi connectivity index (χ4v) is 4.24. The Bertz CT molecular complexity index is 544. The first-order chi connectivity index (χ1) is 10.1. The van der Waals surface area contributed by atoms with Crippen molar-refractivity contribution in [2.75, 3.05) is 12.9 Å². The van der Waals surface area contributed by atoms with Crippen molar-refractivity contribution in [2.24, 2.45) is 5.92 Å². The van der Waals surface area contributed by atoms with Crippen molar-refractivity contribution in [3.8, 4) is 0 Å². The molecule has 2 heterocycles. The maximum absolute atomic E-state index is 12.3. The molecule has 2 saturated heterocycles. The van der Waals surface area contributed by atoms with Crippen LogP contribution in [0.3, 0.4) is 0 Å². The van der Waals surface area contributed by atoms with E-state index >= 15 is 0 Å². The first-order valence-corrected chi connectivity index (χ1v) is 8.08. The monoisotopic (exact) mass is 306 g/mol. The van der Waals surface area contributed by atoms with Crippen LogP contribution in [-0.4, -0.2) is 36.3 Å². The number of hydrogen-bond acceptors (Lipinski definition) is 5. The fraction of sp³-hybridized carbons (Fsp3) is 0.500. The van der Waals surface area contributed by atoms with Gasteiger partial charge < -0.3 is 9.47 Å². The van der Waals surface area contributed by atoms with Gasteiger partial charge in [0.25, 0.3) is 0 Å². The lowest BCUT2D eigenvalue weighted by molar-refractivity contribution is -0.167. The first-order valence-electron chi connectivity index (χ1n) is 7.10. The standard InChI is InChI=1S/C16H18O4S/c1-19-15(18)14-12(17)9-16(8-7-13(14)20-16)10-21-11-5-3-2-4-6-11/h2-6,13-14H,7-10H2,1H3/t13-,14?,16+/m1/s1. The molecule has 2 aliphatic rings. The number of Topliss-reactive ketones (excluding diaryl/α,β-unsaturated/α-hetero) is 1. The fourth-order valence-electron chi connectivity index (χ4n) is 3.14. The third-order valence-corrected chi connectivity index (χ3v) is 5.48. The van der Waals surface area contributed by atoms with Crippen molar-refractivity contribution in [3.05, 3.63) is 30.3 Å². The second-order valence-corrected chi connectivity index (χ2v) is 6.67. The summed E-state index contributed by atoms with van der Waals surface area (Å²) >= 11 is 1.70. The van der Waals surface area contributed by atoms with E-state index in [1.165, 1.54) is 12.0 Å². The molecule has 112 valence electrons.